The predicted molar refractivity (Wildman–Crippen MR) is 69.0 cm³/mol. The van der Waals surface area contributed by atoms with Crippen LogP contribution >= 0.6 is 0 Å². The molecule has 25 heavy (non-hydrogen) atoms. The van der Waals surface area contributed by atoms with E-state index in [-0.39, 0.29) is 18.0 Å². The van der Waals surface area contributed by atoms with Crippen LogP contribution in [0, 0.1) is 0 Å². The minimum atomic E-state index is -4.76. The third-order valence-electron chi connectivity index (χ3n) is 2.68. The minimum Gasteiger partial charge on any atom is -0.445 e. The summed E-state index contributed by atoms with van der Waals surface area (Å²) in [5, 5.41) is 4.72. The monoisotopic (exact) mass is 369 g/mol. The maximum Gasteiger partial charge on any atom is 0.471 e. The molecule has 0 saturated carbocycles. The predicted octanol–water partition coefficient (Wildman–Crippen LogP) is 3.54. The zero-order valence-electron chi connectivity index (χ0n) is 12.1. The summed E-state index contributed by atoms with van der Waals surface area (Å²) in [4.78, 5) is 14.3. The molecule has 1 heterocycles. The summed E-state index contributed by atoms with van der Waals surface area (Å²) in [7, 11) is 0. The molecule has 0 bridgehead atoms. The van der Waals surface area contributed by atoms with Crippen LogP contribution in [0.1, 0.15) is 11.5 Å². The number of rotatable bonds is 4. The van der Waals surface area contributed by atoms with Crippen LogP contribution in [-0.2, 0) is 17.5 Å². The van der Waals surface area contributed by atoms with E-state index in [2.05, 4.69) is 19.4 Å². The first-order valence-electron chi connectivity index (χ1n) is 6.52. The maximum atomic E-state index is 12.4. The van der Waals surface area contributed by atoms with E-state index in [0.29, 0.717) is 5.56 Å². The summed E-state index contributed by atoms with van der Waals surface area (Å²) in [6.07, 6.45) is -10.6. The van der Waals surface area contributed by atoms with Gasteiger partial charge in [-0.15, -0.1) is 0 Å². The van der Waals surface area contributed by atoms with Crippen molar-refractivity contribution in [2.24, 2.45) is 0 Å². The van der Waals surface area contributed by atoms with Crippen LogP contribution in [0.2, 0.25) is 0 Å². The molecule has 0 aliphatic rings. The summed E-state index contributed by atoms with van der Waals surface area (Å²) in [5.74, 6) is -1.78. The number of hydrogen-bond acceptors (Lipinski definition) is 5. The Hall–Kier alpha value is -2.79. The lowest BCUT2D eigenvalue weighted by Gasteiger charge is -2.09. The molecular weight excluding hydrogens is 360 g/mol. The number of benzene rings is 1. The molecule has 2 aromatic rings. The Bertz CT molecular complexity index is 724. The van der Waals surface area contributed by atoms with Crippen LogP contribution in [0.15, 0.2) is 28.8 Å². The highest BCUT2D eigenvalue weighted by Gasteiger charge is 2.38. The molecule has 0 aliphatic heterocycles. The number of carbonyl (C=O) groups excluding carboxylic acids is 1. The molecule has 1 amide bonds. The number of hydrogen-bond donors (Lipinski definition) is 1. The maximum absolute atomic E-state index is 12.4. The first-order valence-corrected chi connectivity index (χ1v) is 6.52. The molecule has 0 radical (unpaired) electrons. The third kappa shape index (κ3) is 5.65. The highest BCUT2D eigenvalue weighted by atomic mass is 19.4. The van der Waals surface area contributed by atoms with Crippen molar-refractivity contribution in [2.75, 3.05) is 6.54 Å². The molecule has 0 unspecified atom stereocenters. The van der Waals surface area contributed by atoms with Crippen molar-refractivity contribution in [1.82, 2.24) is 15.5 Å². The van der Waals surface area contributed by atoms with Gasteiger partial charge in [0.05, 0.1) is 0 Å². The van der Waals surface area contributed by atoms with Crippen LogP contribution in [0.5, 0.6) is 0 Å². The molecule has 6 nitrogen and oxygen atoms in total. The third-order valence-corrected chi connectivity index (χ3v) is 2.68. The number of aromatic nitrogens is 2. The first-order chi connectivity index (χ1) is 11.5. The first kappa shape index (κ1) is 18.5. The second kappa shape index (κ2) is 6.99. The summed E-state index contributed by atoms with van der Waals surface area (Å²) in [5.41, 5.74) is 0.606. The van der Waals surface area contributed by atoms with E-state index in [4.69, 9.17) is 0 Å². The summed E-state index contributed by atoms with van der Waals surface area (Å²) >= 11 is 0. The van der Waals surface area contributed by atoms with Gasteiger partial charge in [0.25, 0.3) is 0 Å². The molecule has 0 atom stereocenters. The number of alkyl carbamates (subject to hydrolysis) is 1. The Labute approximate surface area is 135 Å². The Morgan fingerprint density at radius 2 is 1.76 bits per heavy atom. The van der Waals surface area contributed by atoms with Crippen LogP contribution < -0.4 is 5.32 Å². The normalized spacial score (nSPS) is 12.1. The van der Waals surface area contributed by atoms with Crippen LogP contribution in [0.25, 0.3) is 11.4 Å². The molecular formula is C13H9F6N3O3. The van der Waals surface area contributed by atoms with E-state index in [9.17, 15) is 31.1 Å². The van der Waals surface area contributed by atoms with Crippen molar-refractivity contribution in [3.63, 3.8) is 0 Å². The highest BCUT2D eigenvalue weighted by molar-refractivity contribution is 5.67. The Morgan fingerprint density at radius 1 is 1.12 bits per heavy atom. The largest absolute Gasteiger partial charge is 0.471 e. The number of carbonyl (C=O) groups is 1. The number of ether oxygens (including phenoxy) is 1. The summed E-state index contributed by atoms with van der Waals surface area (Å²) in [6.45, 7) is -1.85. The van der Waals surface area contributed by atoms with Crippen molar-refractivity contribution in [1.29, 1.82) is 0 Å². The van der Waals surface area contributed by atoms with Gasteiger partial charge in [0.15, 0.2) is 0 Å². The zero-order valence-corrected chi connectivity index (χ0v) is 12.1. The Morgan fingerprint density at radius 3 is 2.28 bits per heavy atom. The molecule has 0 fully saturated rings. The van der Waals surface area contributed by atoms with Crippen molar-refractivity contribution in [3.8, 4) is 11.4 Å². The number of halogens is 6. The van der Waals surface area contributed by atoms with Gasteiger partial charge >= 0.3 is 24.3 Å². The van der Waals surface area contributed by atoms with E-state index in [1.807, 2.05) is 0 Å². The van der Waals surface area contributed by atoms with Gasteiger partial charge in [0.2, 0.25) is 5.82 Å². The van der Waals surface area contributed by atoms with Crippen molar-refractivity contribution >= 4 is 6.09 Å². The lowest BCUT2D eigenvalue weighted by molar-refractivity contribution is -0.159. The van der Waals surface area contributed by atoms with Gasteiger partial charge in [0, 0.05) is 5.56 Å². The van der Waals surface area contributed by atoms with E-state index < -0.39 is 30.9 Å². The SMILES string of the molecule is O=C(NCC(F)(F)F)OCc1ccc(-c2noc(C(F)(F)F)n2)cc1. The molecule has 0 spiro atoms. The smallest absolute Gasteiger partial charge is 0.445 e. The van der Waals surface area contributed by atoms with Gasteiger partial charge in [0.1, 0.15) is 13.2 Å². The van der Waals surface area contributed by atoms with Gasteiger partial charge in [-0.25, -0.2) is 4.79 Å². The zero-order chi connectivity index (χ0) is 18.7. The standard InChI is InChI=1S/C13H9F6N3O3/c14-12(15,16)6-20-11(23)24-5-7-1-3-8(4-2-7)9-21-10(25-22-9)13(17,18)19/h1-4H,5-6H2,(H,20,23). The number of amides is 1. The van der Waals surface area contributed by atoms with Crippen LogP contribution in [0.4, 0.5) is 31.1 Å². The van der Waals surface area contributed by atoms with Gasteiger partial charge in [-0.1, -0.05) is 29.4 Å². The highest BCUT2D eigenvalue weighted by Crippen LogP contribution is 2.29. The second-order valence-electron chi connectivity index (χ2n) is 4.66. The van der Waals surface area contributed by atoms with Crippen LogP contribution in [0.3, 0.4) is 0 Å². The molecule has 0 aliphatic carbocycles. The Kier molecular flexibility index (Phi) is 5.18. The van der Waals surface area contributed by atoms with Crippen molar-refractivity contribution in [3.05, 3.63) is 35.7 Å². The fraction of sp³-hybridized carbons (Fsp3) is 0.308. The fourth-order valence-corrected chi connectivity index (χ4v) is 1.58. The summed E-state index contributed by atoms with van der Waals surface area (Å²) in [6, 6.07) is 5.46. The van der Waals surface area contributed by atoms with Gasteiger partial charge in [-0.05, 0) is 5.56 Å². The molecule has 136 valence electrons. The van der Waals surface area contributed by atoms with Gasteiger partial charge in [-0.2, -0.15) is 31.3 Å². The molecule has 1 aromatic heterocycles. The number of alkyl halides is 6. The minimum absolute atomic E-state index is 0.213. The molecule has 0 saturated heterocycles. The quantitative estimate of drug-likeness (QED) is 0.835. The Balaban J connectivity index is 1.92. The van der Waals surface area contributed by atoms with Crippen LogP contribution in [-0.4, -0.2) is 29.0 Å². The lowest BCUT2D eigenvalue weighted by Crippen LogP contribution is -2.34. The average molecular weight is 369 g/mol. The van der Waals surface area contributed by atoms with Crippen molar-refractivity contribution in [2.45, 2.75) is 19.0 Å². The van der Waals surface area contributed by atoms with E-state index >= 15 is 0 Å². The average Bonchev–Trinajstić information content (AvgIpc) is 3.01. The van der Waals surface area contributed by atoms with E-state index in [1.54, 1.807) is 0 Å². The lowest BCUT2D eigenvalue weighted by atomic mass is 10.1. The summed E-state index contributed by atoms with van der Waals surface area (Å²) < 4.78 is 81.5. The van der Waals surface area contributed by atoms with E-state index in [0.717, 1.165) is 0 Å². The van der Waals surface area contributed by atoms with Gasteiger partial charge in [-0.3, -0.25) is 0 Å². The fourth-order valence-electron chi connectivity index (χ4n) is 1.58. The van der Waals surface area contributed by atoms with E-state index in [1.165, 1.54) is 29.6 Å². The molecule has 2 rings (SSSR count). The number of nitrogens with one attached hydrogen (secondary N) is 1. The van der Waals surface area contributed by atoms with Gasteiger partial charge < -0.3 is 14.6 Å². The second-order valence-corrected chi connectivity index (χ2v) is 4.66. The molecule has 1 aromatic carbocycles. The van der Waals surface area contributed by atoms with Crippen molar-refractivity contribution < 1.29 is 40.4 Å². The molecule has 12 heteroatoms. The number of nitrogens with zero attached hydrogens (tertiary/aromatic N) is 2. The molecule has 1 N–H and O–H groups in total. The topological polar surface area (TPSA) is 77.2 Å².